The van der Waals surface area contributed by atoms with Crippen molar-refractivity contribution in [1.29, 1.82) is 0 Å². The van der Waals surface area contributed by atoms with Gasteiger partial charge in [-0.05, 0) is 35.4 Å². The Morgan fingerprint density at radius 3 is 3.05 bits per heavy atom. The van der Waals surface area contributed by atoms with Crippen LogP contribution in [0.25, 0.3) is 16.2 Å². The summed E-state index contributed by atoms with van der Waals surface area (Å²) in [5.74, 6) is 0.495. The number of allylic oxidation sites excluding steroid dienone is 4. The summed E-state index contributed by atoms with van der Waals surface area (Å²) in [5, 5.41) is 1.39. The molecule has 0 aliphatic heterocycles. The van der Waals surface area contributed by atoms with Gasteiger partial charge >= 0.3 is 0 Å². The van der Waals surface area contributed by atoms with E-state index in [1.165, 1.54) is 26.1 Å². The van der Waals surface area contributed by atoms with Gasteiger partial charge in [-0.15, -0.1) is 11.3 Å². The Labute approximate surface area is 118 Å². The number of rotatable bonds is 3. The van der Waals surface area contributed by atoms with Crippen LogP contribution in [0.5, 0.6) is 0 Å². The van der Waals surface area contributed by atoms with Crippen molar-refractivity contribution in [2.24, 2.45) is 0 Å². The number of hydrogen-bond donors (Lipinski definition) is 0. The topological polar surface area (TPSA) is 0 Å². The van der Waals surface area contributed by atoms with Gasteiger partial charge in [0.1, 0.15) is 0 Å². The van der Waals surface area contributed by atoms with Gasteiger partial charge in [0.2, 0.25) is 0 Å². The summed E-state index contributed by atoms with van der Waals surface area (Å²) in [4.78, 5) is 1.50. The zero-order chi connectivity index (χ0) is 13.2. The van der Waals surface area contributed by atoms with E-state index in [2.05, 4.69) is 56.0 Å². The lowest BCUT2D eigenvalue weighted by Crippen LogP contribution is -2.02. The first-order valence-electron chi connectivity index (χ1n) is 6.85. The van der Waals surface area contributed by atoms with Crippen LogP contribution in [0.15, 0.2) is 54.6 Å². The molecule has 0 amide bonds. The van der Waals surface area contributed by atoms with Crippen LogP contribution in [0.1, 0.15) is 36.1 Å². The van der Waals surface area contributed by atoms with Crippen molar-refractivity contribution in [2.75, 3.05) is 0 Å². The fraction of sp³-hybridized carbons (Fsp3) is 0.222. The zero-order valence-corrected chi connectivity index (χ0v) is 12.0. The third-order valence-corrected chi connectivity index (χ3v) is 5.01. The molecular weight excluding hydrogens is 248 g/mol. The fourth-order valence-corrected chi connectivity index (χ4v) is 4.17. The van der Waals surface area contributed by atoms with E-state index in [0.717, 1.165) is 12.8 Å². The van der Waals surface area contributed by atoms with Gasteiger partial charge in [-0.25, -0.2) is 0 Å². The predicted molar refractivity (Wildman–Crippen MR) is 86.8 cm³/mol. The smallest absolute Gasteiger partial charge is 0.0352 e. The number of benzene rings is 1. The minimum atomic E-state index is 0.495. The standard InChI is InChI=1S/C18H18S/c1-3-8-13(4-2)14-10-7-11-16-15-9-5-6-12-17(15)19-18(14)16/h4-9,11-12,14H,2-3,10H2,1H3. The highest BCUT2D eigenvalue weighted by molar-refractivity contribution is 7.19. The minimum Gasteiger partial charge on any atom is -0.139 e. The highest BCUT2D eigenvalue weighted by Crippen LogP contribution is 2.44. The van der Waals surface area contributed by atoms with Crippen molar-refractivity contribution in [3.05, 3.63) is 65.1 Å². The fourth-order valence-electron chi connectivity index (χ4n) is 2.84. The van der Waals surface area contributed by atoms with Crippen LogP contribution in [0.3, 0.4) is 0 Å². The Bertz CT molecular complexity index is 670. The summed E-state index contributed by atoms with van der Waals surface area (Å²) in [6, 6.07) is 8.71. The monoisotopic (exact) mass is 266 g/mol. The Morgan fingerprint density at radius 1 is 1.42 bits per heavy atom. The summed E-state index contributed by atoms with van der Waals surface area (Å²) >= 11 is 1.94. The maximum atomic E-state index is 3.99. The molecule has 1 unspecified atom stereocenters. The molecule has 0 bridgehead atoms. The van der Waals surface area contributed by atoms with E-state index in [0.29, 0.717) is 5.92 Å². The van der Waals surface area contributed by atoms with E-state index in [9.17, 15) is 0 Å². The summed E-state index contributed by atoms with van der Waals surface area (Å²) in [6.45, 7) is 6.18. The normalized spacial score (nSPS) is 18.6. The number of hydrogen-bond acceptors (Lipinski definition) is 1. The minimum absolute atomic E-state index is 0.495. The molecule has 2 aromatic rings. The summed E-state index contributed by atoms with van der Waals surface area (Å²) < 4.78 is 1.39. The molecule has 19 heavy (non-hydrogen) atoms. The quantitative estimate of drug-likeness (QED) is 0.604. The van der Waals surface area contributed by atoms with Crippen LogP contribution < -0.4 is 0 Å². The van der Waals surface area contributed by atoms with Crippen LogP contribution in [-0.4, -0.2) is 0 Å². The van der Waals surface area contributed by atoms with E-state index in [4.69, 9.17) is 0 Å². The second kappa shape index (κ2) is 5.18. The molecule has 1 aliphatic rings. The Balaban J connectivity index is 2.17. The average Bonchev–Trinajstić information content (AvgIpc) is 2.83. The lowest BCUT2D eigenvalue weighted by atomic mass is 9.86. The molecule has 0 N–H and O–H groups in total. The van der Waals surface area contributed by atoms with Crippen LogP contribution in [-0.2, 0) is 0 Å². The molecule has 1 atom stereocenters. The van der Waals surface area contributed by atoms with Gasteiger partial charge < -0.3 is 0 Å². The second-order valence-corrected chi connectivity index (χ2v) is 5.97. The van der Waals surface area contributed by atoms with E-state index >= 15 is 0 Å². The van der Waals surface area contributed by atoms with Gasteiger partial charge in [-0.2, -0.15) is 0 Å². The number of fused-ring (bicyclic) bond motifs is 3. The highest BCUT2D eigenvalue weighted by Gasteiger charge is 2.23. The summed E-state index contributed by atoms with van der Waals surface area (Å²) in [6.07, 6.45) is 11.1. The molecule has 0 fully saturated rings. The first-order chi connectivity index (χ1) is 9.35. The Hall–Kier alpha value is -1.60. The molecule has 1 aliphatic carbocycles. The molecule has 1 aromatic carbocycles. The van der Waals surface area contributed by atoms with Crippen molar-refractivity contribution in [1.82, 2.24) is 0 Å². The van der Waals surface area contributed by atoms with E-state index in [1.54, 1.807) is 0 Å². The van der Waals surface area contributed by atoms with Gasteiger partial charge in [0.15, 0.2) is 0 Å². The Kier molecular flexibility index (Phi) is 3.39. The van der Waals surface area contributed by atoms with Crippen molar-refractivity contribution < 1.29 is 0 Å². The first kappa shape index (κ1) is 12.4. The average molecular weight is 266 g/mol. The molecule has 0 saturated carbocycles. The number of thiophene rings is 1. The third-order valence-electron chi connectivity index (χ3n) is 3.71. The van der Waals surface area contributed by atoms with Crippen molar-refractivity contribution >= 4 is 27.5 Å². The maximum Gasteiger partial charge on any atom is 0.0352 e. The Morgan fingerprint density at radius 2 is 2.26 bits per heavy atom. The summed E-state index contributed by atoms with van der Waals surface area (Å²) in [7, 11) is 0. The molecule has 1 heteroatoms. The molecule has 3 rings (SSSR count). The highest BCUT2D eigenvalue weighted by atomic mass is 32.1. The maximum absolute atomic E-state index is 3.99. The van der Waals surface area contributed by atoms with Crippen LogP contribution in [0.4, 0.5) is 0 Å². The molecule has 1 heterocycles. The van der Waals surface area contributed by atoms with Gasteiger partial charge in [-0.1, -0.05) is 56.0 Å². The predicted octanol–water partition coefficient (Wildman–Crippen LogP) is 5.92. The van der Waals surface area contributed by atoms with Crippen molar-refractivity contribution in [3.63, 3.8) is 0 Å². The molecule has 96 valence electrons. The van der Waals surface area contributed by atoms with Gasteiger partial charge in [0.05, 0.1) is 0 Å². The van der Waals surface area contributed by atoms with Crippen molar-refractivity contribution in [2.45, 2.75) is 25.7 Å². The largest absolute Gasteiger partial charge is 0.139 e. The zero-order valence-electron chi connectivity index (χ0n) is 11.2. The van der Waals surface area contributed by atoms with E-state index < -0.39 is 0 Å². The third kappa shape index (κ3) is 2.08. The van der Waals surface area contributed by atoms with E-state index in [-0.39, 0.29) is 0 Å². The SMILES string of the molecule is C=CC(=CCC)C1CC=Cc2c1sc1ccccc21. The molecule has 0 nitrogen and oxygen atoms in total. The first-order valence-corrected chi connectivity index (χ1v) is 7.67. The van der Waals surface area contributed by atoms with Crippen molar-refractivity contribution in [3.8, 4) is 0 Å². The molecule has 1 aromatic heterocycles. The second-order valence-electron chi connectivity index (χ2n) is 4.88. The van der Waals surface area contributed by atoms with Gasteiger partial charge in [-0.3, -0.25) is 0 Å². The molecule has 0 radical (unpaired) electrons. The van der Waals surface area contributed by atoms with Gasteiger partial charge in [0, 0.05) is 15.5 Å². The lowest BCUT2D eigenvalue weighted by Gasteiger charge is -2.20. The lowest BCUT2D eigenvalue weighted by molar-refractivity contribution is 0.833. The van der Waals surface area contributed by atoms with Crippen LogP contribution in [0.2, 0.25) is 0 Å². The molecular formula is C18H18S. The van der Waals surface area contributed by atoms with E-state index in [1.807, 2.05) is 17.4 Å². The van der Waals surface area contributed by atoms with Gasteiger partial charge in [0.25, 0.3) is 0 Å². The molecule has 0 spiro atoms. The van der Waals surface area contributed by atoms with Crippen LogP contribution in [0, 0.1) is 0 Å². The summed E-state index contributed by atoms with van der Waals surface area (Å²) in [5.41, 5.74) is 2.79. The van der Waals surface area contributed by atoms with Crippen LogP contribution >= 0.6 is 11.3 Å². The molecule has 0 saturated heterocycles.